The molecular weight excluding hydrogens is 142 g/mol. The Kier molecular flexibility index (Phi) is 3.64. The van der Waals surface area contributed by atoms with Crippen molar-refractivity contribution in [3.05, 3.63) is 30.3 Å². The molecule has 1 rings (SSSR count). The molecule has 0 unspecified atom stereocenters. The first-order chi connectivity index (χ1) is 3.39. The Balaban J connectivity index is 0.000000490. The molecule has 0 aromatic heterocycles. The van der Waals surface area contributed by atoms with Gasteiger partial charge in [0.15, 0.2) is 0 Å². The fourth-order valence-corrected chi connectivity index (χ4v) is 0.453. The molecule has 42 valence electrons. The number of rotatable bonds is 0. The van der Waals surface area contributed by atoms with Crippen molar-refractivity contribution in [2.24, 2.45) is 0 Å². The van der Waals surface area contributed by atoms with Crippen LogP contribution in [-0.4, -0.2) is 7.85 Å². The van der Waals surface area contributed by atoms with Crippen LogP contribution < -0.4 is 5.46 Å². The van der Waals surface area contributed by atoms with Gasteiger partial charge in [-0.25, -0.2) is 0 Å². The van der Waals surface area contributed by atoms with Crippen molar-refractivity contribution in [2.45, 2.75) is 0 Å². The van der Waals surface area contributed by atoms with E-state index in [0.717, 1.165) is 5.46 Å². The van der Waals surface area contributed by atoms with Gasteiger partial charge in [-0.3, -0.25) is 0 Å². The molecule has 0 nitrogen and oxygen atoms in total. The van der Waals surface area contributed by atoms with Gasteiger partial charge in [0.25, 0.3) is 0 Å². The van der Waals surface area contributed by atoms with Crippen molar-refractivity contribution in [1.29, 1.82) is 0 Å². The monoisotopic (exact) mass is 146 g/mol. The van der Waals surface area contributed by atoms with Gasteiger partial charge in [-0.2, -0.15) is 0 Å². The van der Waals surface area contributed by atoms with E-state index in [2.05, 4.69) is 0 Å². The van der Waals surface area contributed by atoms with Crippen molar-refractivity contribution >= 4 is 13.3 Å². The quantitative estimate of drug-likeness (QED) is 0.467. The summed E-state index contributed by atoms with van der Waals surface area (Å²) in [6, 6.07) is 9.49. The van der Waals surface area contributed by atoms with E-state index in [-0.39, 0.29) is 16.5 Å². The van der Waals surface area contributed by atoms with Crippen LogP contribution in [0, 0.1) is 0 Å². The Morgan fingerprint density at radius 1 is 1.00 bits per heavy atom. The molecule has 2 radical (unpaired) electrons. The molecular formula is C6H5BNi. The van der Waals surface area contributed by atoms with Gasteiger partial charge < -0.3 is 0 Å². The van der Waals surface area contributed by atoms with Gasteiger partial charge in [-0.1, -0.05) is 35.8 Å². The standard InChI is InChI=1S/C6H5B.Ni/c7-6-4-2-1-3-5-6;/h1-5H;. The van der Waals surface area contributed by atoms with Crippen LogP contribution in [0.5, 0.6) is 0 Å². The van der Waals surface area contributed by atoms with E-state index < -0.39 is 0 Å². The summed E-state index contributed by atoms with van der Waals surface area (Å²) < 4.78 is 0. The largest absolute Gasteiger partial charge is 0.113 e. The number of hydrogen-bond acceptors (Lipinski definition) is 0. The Labute approximate surface area is 60.6 Å². The fourth-order valence-electron chi connectivity index (χ4n) is 0.453. The second kappa shape index (κ2) is 3.74. The molecule has 1 aromatic carbocycles. The number of hydrogen-bond donors (Lipinski definition) is 0. The second-order valence-corrected chi connectivity index (χ2v) is 1.41. The predicted molar refractivity (Wildman–Crippen MR) is 31.8 cm³/mol. The molecule has 8 heavy (non-hydrogen) atoms. The summed E-state index contributed by atoms with van der Waals surface area (Å²) in [6.07, 6.45) is 0. The first-order valence-electron chi connectivity index (χ1n) is 2.20. The van der Waals surface area contributed by atoms with E-state index in [9.17, 15) is 0 Å². The summed E-state index contributed by atoms with van der Waals surface area (Å²) >= 11 is 0. The van der Waals surface area contributed by atoms with Crippen molar-refractivity contribution in [3.8, 4) is 0 Å². The second-order valence-electron chi connectivity index (χ2n) is 1.41. The van der Waals surface area contributed by atoms with Gasteiger partial charge >= 0.3 is 0 Å². The Morgan fingerprint density at radius 2 is 1.50 bits per heavy atom. The Bertz CT molecular complexity index is 138. The summed E-state index contributed by atoms with van der Waals surface area (Å²) in [5.74, 6) is 0. The zero-order chi connectivity index (χ0) is 5.11. The molecule has 0 heterocycles. The van der Waals surface area contributed by atoms with Crippen LogP contribution >= 0.6 is 0 Å². The van der Waals surface area contributed by atoms with Gasteiger partial charge in [0, 0.05) is 16.5 Å². The zero-order valence-corrected chi connectivity index (χ0v) is 5.27. The molecule has 0 amide bonds. The molecule has 0 aliphatic carbocycles. The third-order valence-electron chi connectivity index (χ3n) is 0.800. The molecule has 1 aromatic rings. The number of benzene rings is 1. The molecule has 0 aliphatic rings. The van der Waals surface area contributed by atoms with E-state index >= 15 is 0 Å². The van der Waals surface area contributed by atoms with Crippen molar-refractivity contribution < 1.29 is 16.5 Å². The van der Waals surface area contributed by atoms with E-state index in [0.29, 0.717) is 0 Å². The van der Waals surface area contributed by atoms with E-state index in [4.69, 9.17) is 7.85 Å². The van der Waals surface area contributed by atoms with Gasteiger partial charge in [-0.05, 0) is 0 Å². The van der Waals surface area contributed by atoms with Crippen LogP contribution in [0.15, 0.2) is 30.3 Å². The maximum atomic E-state index is 5.36. The minimum absolute atomic E-state index is 0. The summed E-state index contributed by atoms with van der Waals surface area (Å²) in [5, 5.41) is 0. The van der Waals surface area contributed by atoms with Crippen LogP contribution in [0.1, 0.15) is 0 Å². The van der Waals surface area contributed by atoms with Gasteiger partial charge in [0.05, 0.1) is 0 Å². The van der Waals surface area contributed by atoms with Crippen LogP contribution in [0.4, 0.5) is 0 Å². The van der Waals surface area contributed by atoms with E-state index in [1.165, 1.54) is 0 Å². The third kappa shape index (κ3) is 2.18. The van der Waals surface area contributed by atoms with Gasteiger partial charge in [0.1, 0.15) is 7.85 Å². The molecule has 0 saturated heterocycles. The smallest absolute Gasteiger partial charge is 0.0967 e. The molecule has 0 atom stereocenters. The van der Waals surface area contributed by atoms with E-state index in [1.807, 2.05) is 30.3 Å². The summed E-state index contributed by atoms with van der Waals surface area (Å²) in [5.41, 5.74) is 0.822. The third-order valence-corrected chi connectivity index (χ3v) is 0.800. The van der Waals surface area contributed by atoms with Crippen LogP contribution in [0.25, 0.3) is 0 Å². The molecule has 0 bridgehead atoms. The first kappa shape index (κ1) is 7.78. The molecule has 0 spiro atoms. The normalized spacial score (nSPS) is 7.50. The van der Waals surface area contributed by atoms with E-state index in [1.54, 1.807) is 0 Å². The van der Waals surface area contributed by atoms with Gasteiger partial charge in [0.2, 0.25) is 0 Å². The summed E-state index contributed by atoms with van der Waals surface area (Å²) in [4.78, 5) is 0. The molecule has 2 heteroatoms. The first-order valence-corrected chi connectivity index (χ1v) is 2.20. The van der Waals surface area contributed by atoms with Crippen molar-refractivity contribution in [2.75, 3.05) is 0 Å². The van der Waals surface area contributed by atoms with Crippen molar-refractivity contribution in [1.82, 2.24) is 0 Å². The molecule has 0 N–H and O–H groups in total. The minimum atomic E-state index is 0. The van der Waals surface area contributed by atoms with Crippen LogP contribution in [0.2, 0.25) is 0 Å². The van der Waals surface area contributed by atoms with Crippen LogP contribution in [0.3, 0.4) is 0 Å². The summed E-state index contributed by atoms with van der Waals surface area (Å²) in [6.45, 7) is 0. The topological polar surface area (TPSA) is 0 Å². The maximum absolute atomic E-state index is 5.36. The average Bonchev–Trinajstić information content (AvgIpc) is 1.69. The van der Waals surface area contributed by atoms with Crippen LogP contribution in [-0.2, 0) is 16.5 Å². The SMILES string of the molecule is [B]c1ccccc1.[Ni]. The van der Waals surface area contributed by atoms with Gasteiger partial charge in [-0.15, -0.1) is 0 Å². The zero-order valence-electron chi connectivity index (χ0n) is 4.28. The molecule has 0 fully saturated rings. The Morgan fingerprint density at radius 3 is 1.75 bits per heavy atom. The molecule has 0 saturated carbocycles. The minimum Gasteiger partial charge on any atom is -0.0967 e. The average molecular weight is 147 g/mol. The maximum Gasteiger partial charge on any atom is 0.113 e. The Hall–Kier alpha value is -0.222. The fraction of sp³-hybridized carbons (Fsp3) is 0. The molecule has 0 aliphatic heterocycles. The predicted octanol–water partition coefficient (Wildman–Crippen LogP) is 0.478. The van der Waals surface area contributed by atoms with Crippen molar-refractivity contribution in [3.63, 3.8) is 0 Å². The summed E-state index contributed by atoms with van der Waals surface area (Å²) in [7, 11) is 5.36.